The number of nitrogens with zero attached hydrogens (tertiary/aromatic N) is 1. The number of para-hydroxylation sites is 1. The van der Waals surface area contributed by atoms with Gasteiger partial charge >= 0.3 is 0 Å². The Morgan fingerprint density at radius 1 is 0.434 bits per heavy atom. The topological polar surface area (TPSA) is 16.4 Å². The average molecular weight is 682 g/mol. The van der Waals surface area contributed by atoms with Crippen LogP contribution >= 0.6 is 0 Å². The van der Waals surface area contributed by atoms with Crippen LogP contribution in [-0.4, -0.2) is 0 Å². The molecule has 8 aromatic carbocycles. The van der Waals surface area contributed by atoms with Crippen molar-refractivity contribution in [3.63, 3.8) is 0 Å². The second kappa shape index (κ2) is 11.8. The Balaban J connectivity index is 1.25. The fraction of sp³-hybridized carbons (Fsp3) is 0.0980. The van der Waals surface area contributed by atoms with Crippen LogP contribution in [0.15, 0.2) is 168 Å². The van der Waals surface area contributed by atoms with Gasteiger partial charge in [0, 0.05) is 39.2 Å². The second-order valence-electron chi connectivity index (χ2n) is 15.1. The molecule has 1 aliphatic carbocycles. The highest BCUT2D eigenvalue weighted by Gasteiger charge is 2.36. The summed E-state index contributed by atoms with van der Waals surface area (Å²) in [4.78, 5) is 2.47. The van der Waals surface area contributed by atoms with Crippen LogP contribution in [0.4, 0.5) is 17.1 Å². The largest absolute Gasteiger partial charge is 0.456 e. The molecule has 53 heavy (non-hydrogen) atoms. The number of hydrogen-bond acceptors (Lipinski definition) is 2. The minimum Gasteiger partial charge on any atom is -0.456 e. The molecule has 0 saturated heterocycles. The van der Waals surface area contributed by atoms with Crippen LogP contribution < -0.4 is 4.90 Å². The zero-order chi connectivity index (χ0) is 35.8. The first-order chi connectivity index (χ1) is 25.8. The molecule has 0 unspecified atom stereocenters. The first-order valence-electron chi connectivity index (χ1n) is 18.5. The van der Waals surface area contributed by atoms with Crippen LogP contribution in [0.25, 0.3) is 66.1 Å². The Morgan fingerprint density at radius 2 is 1.11 bits per heavy atom. The maximum Gasteiger partial charge on any atom is 0.137 e. The average Bonchev–Trinajstić information content (AvgIpc) is 3.67. The lowest BCUT2D eigenvalue weighted by atomic mass is 9.82. The fourth-order valence-corrected chi connectivity index (χ4v) is 8.78. The zero-order valence-electron chi connectivity index (χ0n) is 30.4. The Morgan fingerprint density at radius 3 is 1.98 bits per heavy atom. The van der Waals surface area contributed by atoms with E-state index in [1.165, 1.54) is 66.4 Å². The van der Waals surface area contributed by atoms with Gasteiger partial charge in [0.05, 0.1) is 5.69 Å². The van der Waals surface area contributed by atoms with Crippen molar-refractivity contribution in [3.8, 4) is 33.4 Å². The van der Waals surface area contributed by atoms with E-state index in [0.29, 0.717) is 0 Å². The van der Waals surface area contributed by atoms with Gasteiger partial charge in [-0.2, -0.15) is 0 Å². The minimum absolute atomic E-state index is 0.135. The highest BCUT2D eigenvalue weighted by atomic mass is 16.3. The Hall–Kier alpha value is -6.38. The first-order valence-corrected chi connectivity index (χ1v) is 18.5. The van der Waals surface area contributed by atoms with Crippen molar-refractivity contribution in [1.82, 2.24) is 0 Å². The van der Waals surface area contributed by atoms with E-state index in [-0.39, 0.29) is 5.41 Å². The van der Waals surface area contributed by atoms with Crippen molar-refractivity contribution in [1.29, 1.82) is 0 Å². The van der Waals surface area contributed by atoms with E-state index in [4.69, 9.17) is 4.42 Å². The number of fused-ring (bicyclic) bond motifs is 7. The summed E-state index contributed by atoms with van der Waals surface area (Å²) >= 11 is 0. The maximum atomic E-state index is 6.51. The molecule has 10 rings (SSSR count). The van der Waals surface area contributed by atoms with Gasteiger partial charge in [-0.1, -0.05) is 123 Å². The summed E-state index contributed by atoms with van der Waals surface area (Å²) in [6, 6.07) is 59.9. The van der Waals surface area contributed by atoms with Crippen molar-refractivity contribution >= 4 is 49.8 Å². The predicted octanol–water partition coefficient (Wildman–Crippen LogP) is 14.5. The van der Waals surface area contributed by atoms with Gasteiger partial charge in [-0.05, 0) is 123 Å². The standard InChI is InChI=1S/C51H39NO/c1-32-13-5-8-16-40(32)45-29-37(36-22-21-34-14-6-7-15-35(34)28-36)27-33(2)50(45)52(39-24-26-44-43-18-10-12-20-48(43)53-49(44)31-39)38-23-25-42-41-17-9-11-19-46(41)51(3,4)47(42)30-38/h5-31H,1-4H3. The first kappa shape index (κ1) is 31.4. The van der Waals surface area contributed by atoms with Crippen molar-refractivity contribution < 1.29 is 4.42 Å². The lowest BCUT2D eigenvalue weighted by Crippen LogP contribution is -2.17. The highest BCUT2D eigenvalue weighted by Crippen LogP contribution is 2.52. The molecule has 0 fully saturated rings. The van der Waals surface area contributed by atoms with Crippen LogP contribution in [0.1, 0.15) is 36.1 Å². The number of anilines is 3. The Kier molecular flexibility index (Phi) is 7.00. The number of hydrogen-bond donors (Lipinski definition) is 0. The molecule has 0 bridgehead atoms. The molecular weight excluding hydrogens is 643 g/mol. The van der Waals surface area contributed by atoms with Gasteiger partial charge in [-0.25, -0.2) is 0 Å². The Bertz CT molecular complexity index is 2910. The third-order valence-electron chi connectivity index (χ3n) is 11.5. The number of rotatable bonds is 5. The molecule has 0 aliphatic heterocycles. The second-order valence-corrected chi connectivity index (χ2v) is 15.1. The molecule has 0 saturated carbocycles. The summed E-state index contributed by atoms with van der Waals surface area (Å²) in [7, 11) is 0. The van der Waals surface area contributed by atoms with Gasteiger partial charge in [-0.3, -0.25) is 0 Å². The van der Waals surface area contributed by atoms with E-state index in [2.05, 4.69) is 190 Å². The summed E-state index contributed by atoms with van der Waals surface area (Å²) in [5, 5.41) is 4.75. The lowest BCUT2D eigenvalue weighted by molar-refractivity contribution is 0.660. The molecule has 2 heteroatoms. The summed E-state index contributed by atoms with van der Waals surface area (Å²) in [5.74, 6) is 0. The van der Waals surface area contributed by atoms with Gasteiger partial charge in [0.1, 0.15) is 11.2 Å². The van der Waals surface area contributed by atoms with E-state index in [0.717, 1.165) is 39.0 Å². The molecule has 1 aromatic heterocycles. The van der Waals surface area contributed by atoms with Crippen molar-refractivity contribution in [2.45, 2.75) is 33.1 Å². The molecule has 254 valence electrons. The van der Waals surface area contributed by atoms with Gasteiger partial charge < -0.3 is 9.32 Å². The quantitative estimate of drug-likeness (QED) is 0.180. The minimum atomic E-state index is -0.135. The summed E-state index contributed by atoms with van der Waals surface area (Å²) in [6.45, 7) is 9.20. The monoisotopic (exact) mass is 681 g/mol. The number of aryl methyl sites for hydroxylation is 2. The van der Waals surface area contributed by atoms with Gasteiger partial charge in [0.2, 0.25) is 0 Å². The lowest BCUT2D eigenvalue weighted by Gasteiger charge is -2.32. The SMILES string of the molecule is Cc1ccccc1-c1cc(-c2ccc3ccccc3c2)cc(C)c1N(c1ccc2c(c1)C(C)(C)c1ccccc1-2)c1ccc2c(c1)oc1ccccc12. The third kappa shape index (κ3) is 4.94. The van der Waals surface area contributed by atoms with Crippen molar-refractivity contribution in [2.75, 3.05) is 4.90 Å². The maximum absolute atomic E-state index is 6.51. The predicted molar refractivity (Wildman–Crippen MR) is 224 cm³/mol. The van der Waals surface area contributed by atoms with Crippen LogP contribution in [-0.2, 0) is 5.41 Å². The summed E-state index contributed by atoms with van der Waals surface area (Å²) in [6.07, 6.45) is 0. The van der Waals surface area contributed by atoms with E-state index in [9.17, 15) is 0 Å². The molecule has 1 aliphatic rings. The smallest absolute Gasteiger partial charge is 0.137 e. The molecule has 0 amide bonds. The van der Waals surface area contributed by atoms with Crippen LogP contribution in [0.5, 0.6) is 0 Å². The fourth-order valence-electron chi connectivity index (χ4n) is 8.78. The molecule has 0 radical (unpaired) electrons. The molecule has 9 aromatic rings. The number of furan rings is 1. The van der Waals surface area contributed by atoms with E-state index >= 15 is 0 Å². The summed E-state index contributed by atoms with van der Waals surface area (Å²) in [5.41, 5.74) is 17.6. The van der Waals surface area contributed by atoms with Gasteiger partial charge in [0.25, 0.3) is 0 Å². The Labute approximate surface area is 310 Å². The highest BCUT2D eigenvalue weighted by molar-refractivity contribution is 6.06. The van der Waals surface area contributed by atoms with Crippen LogP contribution in [0.3, 0.4) is 0 Å². The summed E-state index contributed by atoms with van der Waals surface area (Å²) < 4.78 is 6.51. The van der Waals surface area contributed by atoms with Crippen LogP contribution in [0.2, 0.25) is 0 Å². The molecule has 0 spiro atoms. The van der Waals surface area contributed by atoms with Gasteiger partial charge in [0.15, 0.2) is 0 Å². The van der Waals surface area contributed by atoms with Crippen molar-refractivity contribution in [2.24, 2.45) is 0 Å². The van der Waals surface area contributed by atoms with Crippen LogP contribution in [0, 0.1) is 13.8 Å². The zero-order valence-corrected chi connectivity index (χ0v) is 30.4. The molecule has 2 nitrogen and oxygen atoms in total. The normalized spacial score (nSPS) is 13.1. The molecule has 0 N–H and O–H groups in total. The third-order valence-corrected chi connectivity index (χ3v) is 11.5. The molecular formula is C51H39NO. The van der Waals surface area contributed by atoms with E-state index in [1.807, 2.05) is 6.07 Å². The molecule has 0 atom stereocenters. The van der Waals surface area contributed by atoms with Gasteiger partial charge in [-0.15, -0.1) is 0 Å². The number of benzene rings is 8. The van der Waals surface area contributed by atoms with E-state index < -0.39 is 0 Å². The van der Waals surface area contributed by atoms with E-state index in [1.54, 1.807) is 0 Å². The van der Waals surface area contributed by atoms with Crippen molar-refractivity contribution in [3.05, 3.63) is 186 Å². The molecule has 1 heterocycles.